The van der Waals surface area contributed by atoms with Gasteiger partial charge in [0, 0.05) is 37.7 Å². The monoisotopic (exact) mass is 301 g/mol. The molecule has 1 aromatic rings. The summed E-state index contributed by atoms with van der Waals surface area (Å²) in [6.07, 6.45) is 4.85. The van der Waals surface area contributed by atoms with Crippen LogP contribution in [0.1, 0.15) is 42.3 Å². The summed E-state index contributed by atoms with van der Waals surface area (Å²) in [5.74, 6) is -0.324. The third-order valence-electron chi connectivity index (χ3n) is 3.91. The van der Waals surface area contributed by atoms with Gasteiger partial charge in [-0.2, -0.15) is 5.26 Å². The molecule has 1 heterocycles. The van der Waals surface area contributed by atoms with Crippen LogP contribution >= 0.6 is 0 Å². The van der Waals surface area contributed by atoms with E-state index in [-0.39, 0.29) is 11.5 Å². The number of hydrogen-bond acceptors (Lipinski definition) is 3. The van der Waals surface area contributed by atoms with Crippen LogP contribution in [0.2, 0.25) is 0 Å². The normalized spacial score (nSPS) is 14.7. The Morgan fingerprint density at radius 3 is 2.86 bits per heavy atom. The fraction of sp³-hybridized carbons (Fsp3) is 0.529. The Morgan fingerprint density at radius 1 is 1.55 bits per heavy atom. The van der Waals surface area contributed by atoms with E-state index in [9.17, 15) is 10.1 Å². The van der Waals surface area contributed by atoms with Gasteiger partial charge in [0.15, 0.2) is 0 Å². The summed E-state index contributed by atoms with van der Waals surface area (Å²) >= 11 is 0. The molecule has 0 aliphatic heterocycles. The standard InChI is InChI=1S/C17H23N3O2/c1-12-9-14(13(2)20(12)16-5-6-16)10-15(11-18)17(21)19-7-4-8-22-3/h9-10,16H,4-8H2,1-3H3,(H,19,21)/b15-10+. The Labute approximate surface area is 131 Å². The van der Waals surface area contributed by atoms with Gasteiger partial charge in [-0.3, -0.25) is 4.79 Å². The zero-order valence-electron chi connectivity index (χ0n) is 13.5. The highest BCUT2D eigenvalue weighted by Crippen LogP contribution is 2.38. The van der Waals surface area contributed by atoms with Crippen LogP contribution in [0.3, 0.4) is 0 Å². The minimum atomic E-state index is -0.324. The summed E-state index contributed by atoms with van der Waals surface area (Å²) in [4.78, 5) is 12.0. The molecule has 0 spiro atoms. The second-order valence-electron chi connectivity index (χ2n) is 5.70. The maximum atomic E-state index is 12.0. The third kappa shape index (κ3) is 3.77. The van der Waals surface area contributed by atoms with Crippen molar-refractivity contribution in [1.82, 2.24) is 9.88 Å². The molecule has 1 amide bonds. The van der Waals surface area contributed by atoms with Crippen molar-refractivity contribution in [1.29, 1.82) is 5.26 Å². The molecule has 118 valence electrons. The number of carbonyl (C=O) groups is 1. The van der Waals surface area contributed by atoms with Crippen molar-refractivity contribution in [2.45, 2.75) is 39.2 Å². The van der Waals surface area contributed by atoms with Crippen molar-refractivity contribution in [3.63, 3.8) is 0 Å². The lowest BCUT2D eigenvalue weighted by atomic mass is 10.1. The molecule has 5 nitrogen and oxygen atoms in total. The lowest BCUT2D eigenvalue weighted by molar-refractivity contribution is -0.117. The summed E-state index contributed by atoms with van der Waals surface area (Å²) in [6, 6.07) is 4.64. The quantitative estimate of drug-likeness (QED) is 0.478. The molecule has 1 N–H and O–H groups in total. The molecule has 1 aliphatic carbocycles. The minimum Gasteiger partial charge on any atom is -0.385 e. The Morgan fingerprint density at radius 2 is 2.27 bits per heavy atom. The predicted octanol–water partition coefficient (Wildman–Crippen LogP) is 2.50. The highest BCUT2D eigenvalue weighted by Gasteiger charge is 2.26. The maximum Gasteiger partial charge on any atom is 0.261 e. The smallest absolute Gasteiger partial charge is 0.261 e. The first kappa shape index (κ1) is 16.3. The Balaban J connectivity index is 2.10. The summed E-state index contributed by atoms with van der Waals surface area (Å²) in [5, 5.41) is 12.0. The number of aryl methyl sites for hydroxylation is 1. The summed E-state index contributed by atoms with van der Waals surface area (Å²) in [7, 11) is 1.62. The summed E-state index contributed by atoms with van der Waals surface area (Å²) < 4.78 is 7.24. The van der Waals surface area contributed by atoms with Gasteiger partial charge in [0.2, 0.25) is 0 Å². The van der Waals surface area contributed by atoms with Crippen LogP contribution in [0.25, 0.3) is 6.08 Å². The zero-order valence-corrected chi connectivity index (χ0v) is 13.5. The summed E-state index contributed by atoms with van der Waals surface area (Å²) in [5.41, 5.74) is 3.41. The van der Waals surface area contributed by atoms with Crippen molar-refractivity contribution in [3.8, 4) is 6.07 Å². The van der Waals surface area contributed by atoms with Gasteiger partial charge in [-0.05, 0) is 50.8 Å². The maximum absolute atomic E-state index is 12.0. The number of nitriles is 1. The lowest BCUT2D eigenvalue weighted by Crippen LogP contribution is -2.26. The highest BCUT2D eigenvalue weighted by molar-refractivity contribution is 6.01. The number of ether oxygens (including phenoxy) is 1. The van der Waals surface area contributed by atoms with Gasteiger partial charge < -0.3 is 14.6 Å². The van der Waals surface area contributed by atoms with Crippen molar-refractivity contribution in [3.05, 3.63) is 28.6 Å². The van der Waals surface area contributed by atoms with Crippen molar-refractivity contribution in [2.24, 2.45) is 0 Å². The molecule has 0 bridgehead atoms. The molecule has 0 atom stereocenters. The zero-order chi connectivity index (χ0) is 16.1. The van der Waals surface area contributed by atoms with Gasteiger partial charge in [0.05, 0.1) is 0 Å². The van der Waals surface area contributed by atoms with Crippen LogP contribution in [-0.2, 0) is 9.53 Å². The third-order valence-corrected chi connectivity index (χ3v) is 3.91. The van der Waals surface area contributed by atoms with Gasteiger partial charge in [-0.25, -0.2) is 0 Å². The molecule has 0 unspecified atom stereocenters. The molecule has 1 aliphatic rings. The molecular formula is C17H23N3O2. The average molecular weight is 301 g/mol. The van der Waals surface area contributed by atoms with E-state index >= 15 is 0 Å². The number of methoxy groups -OCH3 is 1. The molecule has 1 aromatic heterocycles. The topological polar surface area (TPSA) is 67.0 Å². The Hall–Kier alpha value is -2.06. The van der Waals surface area contributed by atoms with Gasteiger partial charge in [0.1, 0.15) is 11.6 Å². The molecule has 5 heteroatoms. The van der Waals surface area contributed by atoms with Crippen LogP contribution in [-0.4, -0.2) is 30.7 Å². The van der Waals surface area contributed by atoms with E-state index in [2.05, 4.69) is 16.8 Å². The Bertz CT molecular complexity index is 619. The number of nitrogens with one attached hydrogen (secondary N) is 1. The van der Waals surface area contributed by atoms with E-state index in [1.165, 1.54) is 18.5 Å². The van der Waals surface area contributed by atoms with Crippen LogP contribution in [0.4, 0.5) is 0 Å². The highest BCUT2D eigenvalue weighted by atomic mass is 16.5. The van der Waals surface area contributed by atoms with E-state index in [1.54, 1.807) is 13.2 Å². The Kier molecular flexibility index (Phi) is 5.40. The molecule has 0 aromatic carbocycles. The SMILES string of the molecule is COCCCNC(=O)/C(C#N)=C/c1cc(C)n(C2CC2)c1C. The first-order valence-electron chi connectivity index (χ1n) is 7.65. The second kappa shape index (κ2) is 7.28. The number of nitrogens with zero attached hydrogens (tertiary/aromatic N) is 2. The molecule has 1 saturated carbocycles. The summed E-state index contributed by atoms with van der Waals surface area (Å²) in [6.45, 7) is 5.21. The van der Waals surface area contributed by atoms with Crippen LogP contribution in [0.15, 0.2) is 11.6 Å². The van der Waals surface area contributed by atoms with E-state index in [1.807, 2.05) is 19.1 Å². The van der Waals surface area contributed by atoms with Crippen molar-refractivity contribution >= 4 is 12.0 Å². The van der Waals surface area contributed by atoms with Gasteiger partial charge in [-0.15, -0.1) is 0 Å². The van der Waals surface area contributed by atoms with E-state index in [4.69, 9.17) is 4.74 Å². The molecule has 1 fully saturated rings. The molecular weight excluding hydrogens is 278 g/mol. The van der Waals surface area contributed by atoms with Crippen molar-refractivity contribution < 1.29 is 9.53 Å². The molecule has 0 radical (unpaired) electrons. The van der Waals surface area contributed by atoms with Gasteiger partial charge >= 0.3 is 0 Å². The number of rotatable bonds is 7. The van der Waals surface area contributed by atoms with Crippen LogP contribution in [0, 0.1) is 25.2 Å². The minimum absolute atomic E-state index is 0.147. The largest absolute Gasteiger partial charge is 0.385 e. The van der Waals surface area contributed by atoms with Crippen LogP contribution in [0.5, 0.6) is 0 Å². The lowest BCUT2D eigenvalue weighted by Gasteiger charge is -2.07. The number of hydrogen-bond donors (Lipinski definition) is 1. The number of amides is 1. The second-order valence-corrected chi connectivity index (χ2v) is 5.70. The number of aromatic nitrogens is 1. The fourth-order valence-corrected chi connectivity index (χ4v) is 2.66. The fourth-order valence-electron chi connectivity index (χ4n) is 2.66. The van der Waals surface area contributed by atoms with Crippen molar-refractivity contribution in [2.75, 3.05) is 20.3 Å². The first-order chi connectivity index (χ1) is 10.6. The predicted molar refractivity (Wildman–Crippen MR) is 85.3 cm³/mol. The van der Waals surface area contributed by atoms with Gasteiger partial charge in [-0.1, -0.05) is 0 Å². The van der Waals surface area contributed by atoms with Crippen LogP contribution < -0.4 is 5.32 Å². The van der Waals surface area contributed by atoms with E-state index < -0.39 is 0 Å². The molecule has 2 rings (SSSR count). The average Bonchev–Trinajstić information content (AvgIpc) is 3.28. The first-order valence-corrected chi connectivity index (χ1v) is 7.65. The molecule has 0 saturated heterocycles. The van der Waals surface area contributed by atoms with E-state index in [0.717, 1.165) is 17.7 Å². The van der Waals surface area contributed by atoms with Gasteiger partial charge in [0.25, 0.3) is 5.91 Å². The van der Waals surface area contributed by atoms with E-state index in [0.29, 0.717) is 19.2 Å². The number of carbonyl (C=O) groups excluding carboxylic acids is 1. The molecule has 22 heavy (non-hydrogen) atoms.